The van der Waals surface area contributed by atoms with Crippen molar-refractivity contribution in [2.24, 2.45) is 11.5 Å². The molecule has 0 aliphatic carbocycles. The van der Waals surface area contributed by atoms with Crippen LogP contribution in [0.5, 0.6) is 0 Å². The minimum atomic E-state index is 0.267. The fraction of sp³-hybridized carbons (Fsp3) is 0.455. The van der Waals surface area contributed by atoms with Gasteiger partial charge < -0.3 is 11.5 Å². The molecule has 0 aliphatic heterocycles. The first kappa shape index (κ1) is 11.6. The highest BCUT2D eigenvalue weighted by molar-refractivity contribution is 7.99. The van der Waals surface area contributed by atoms with Gasteiger partial charge in [-0.15, -0.1) is 11.8 Å². The maximum atomic E-state index is 5.93. The van der Waals surface area contributed by atoms with E-state index in [-0.39, 0.29) is 6.04 Å². The lowest BCUT2D eigenvalue weighted by atomic mass is 10.2. The number of nitrogens with two attached hydrogens (primary N) is 2. The summed E-state index contributed by atoms with van der Waals surface area (Å²) < 4.78 is 0. The largest absolute Gasteiger partial charge is 0.330 e. The standard InChI is InChI=1S/C11H18N2S/c12-8-4-5-10(13)9-14-11-6-2-1-3-7-11/h1-3,6-7,10H,4-5,8-9,12-13H2. The second-order valence-corrected chi connectivity index (χ2v) is 4.41. The van der Waals surface area contributed by atoms with Gasteiger partial charge in [0.25, 0.3) is 0 Å². The van der Waals surface area contributed by atoms with Crippen molar-refractivity contribution in [1.82, 2.24) is 0 Å². The van der Waals surface area contributed by atoms with Crippen LogP contribution in [0, 0.1) is 0 Å². The molecule has 0 saturated carbocycles. The van der Waals surface area contributed by atoms with Crippen LogP contribution in [-0.4, -0.2) is 18.3 Å². The van der Waals surface area contributed by atoms with E-state index in [1.807, 2.05) is 30.0 Å². The smallest absolute Gasteiger partial charge is 0.0134 e. The van der Waals surface area contributed by atoms with Crippen LogP contribution in [0.25, 0.3) is 0 Å². The van der Waals surface area contributed by atoms with Crippen LogP contribution in [-0.2, 0) is 0 Å². The Morgan fingerprint density at radius 2 is 1.93 bits per heavy atom. The van der Waals surface area contributed by atoms with Crippen LogP contribution in [0.15, 0.2) is 35.2 Å². The molecule has 0 aromatic heterocycles. The van der Waals surface area contributed by atoms with Crippen LogP contribution in [0.2, 0.25) is 0 Å². The van der Waals surface area contributed by atoms with Gasteiger partial charge in [-0.3, -0.25) is 0 Å². The molecule has 1 aromatic carbocycles. The Kier molecular flexibility index (Phi) is 5.68. The van der Waals surface area contributed by atoms with Gasteiger partial charge in [-0.25, -0.2) is 0 Å². The summed E-state index contributed by atoms with van der Waals surface area (Å²) in [6, 6.07) is 10.6. The minimum Gasteiger partial charge on any atom is -0.330 e. The lowest BCUT2D eigenvalue weighted by molar-refractivity contribution is 0.638. The van der Waals surface area contributed by atoms with Crippen molar-refractivity contribution in [3.8, 4) is 0 Å². The molecule has 1 atom stereocenters. The highest BCUT2D eigenvalue weighted by atomic mass is 32.2. The minimum absolute atomic E-state index is 0.267. The summed E-state index contributed by atoms with van der Waals surface area (Å²) in [5.41, 5.74) is 11.4. The average Bonchev–Trinajstić information content (AvgIpc) is 2.25. The normalized spacial score (nSPS) is 12.7. The molecule has 0 spiro atoms. The summed E-state index contributed by atoms with van der Waals surface area (Å²) in [4.78, 5) is 1.29. The second kappa shape index (κ2) is 6.87. The molecule has 3 heteroatoms. The van der Waals surface area contributed by atoms with Gasteiger partial charge in [0.05, 0.1) is 0 Å². The number of rotatable bonds is 6. The number of benzene rings is 1. The molecular formula is C11H18N2S. The van der Waals surface area contributed by atoms with Crippen molar-refractivity contribution >= 4 is 11.8 Å². The van der Waals surface area contributed by atoms with Gasteiger partial charge in [0.15, 0.2) is 0 Å². The molecule has 1 rings (SSSR count). The van der Waals surface area contributed by atoms with E-state index < -0.39 is 0 Å². The van der Waals surface area contributed by atoms with E-state index in [0.29, 0.717) is 0 Å². The Bertz CT molecular complexity index is 238. The maximum Gasteiger partial charge on any atom is 0.0134 e. The summed E-state index contributed by atoms with van der Waals surface area (Å²) in [6.07, 6.45) is 2.05. The Morgan fingerprint density at radius 1 is 1.21 bits per heavy atom. The predicted molar refractivity (Wildman–Crippen MR) is 63.4 cm³/mol. The lowest BCUT2D eigenvalue weighted by Gasteiger charge is -2.09. The number of hydrogen-bond donors (Lipinski definition) is 2. The van der Waals surface area contributed by atoms with Crippen LogP contribution in [0.1, 0.15) is 12.8 Å². The second-order valence-electron chi connectivity index (χ2n) is 3.32. The fourth-order valence-electron chi connectivity index (χ4n) is 1.18. The monoisotopic (exact) mass is 210 g/mol. The van der Waals surface area contributed by atoms with Gasteiger partial charge in [-0.05, 0) is 31.5 Å². The summed E-state index contributed by atoms with van der Waals surface area (Å²) >= 11 is 1.81. The molecule has 0 amide bonds. The van der Waals surface area contributed by atoms with Crippen molar-refractivity contribution in [2.75, 3.05) is 12.3 Å². The van der Waals surface area contributed by atoms with Crippen molar-refractivity contribution in [2.45, 2.75) is 23.8 Å². The molecular weight excluding hydrogens is 192 g/mol. The molecule has 0 fully saturated rings. The Balaban J connectivity index is 2.20. The molecule has 2 nitrogen and oxygen atoms in total. The zero-order valence-corrected chi connectivity index (χ0v) is 9.17. The van der Waals surface area contributed by atoms with E-state index in [0.717, 1.165) is 25.1 Å². The Labute approximate surface area is 90.1 Å². The molecule has 1 aromatic rings. The fourth-order valence-corrected chi connectivity index (χ4v) is 2.11. The van der Waals surface area contributed by atoms with Crippen molar-refractivity contribution in [1.29, 1.82) is 0 Å². The Morgan fingerprint density at radius 3 is 2.57 bits per heavy atom. The third-order valence-corrected chi connectivity index (χ3v) is 3.19. The van der Waals surface area contributed by atoms with Crippen LogP contribution in [0.3, 0.4) is 0 Å². The highest BCUT2D eigenvalue weighted by Gasteiger charge is 2.02. The molecule has 78 valence electrons. The Hall–Kier alpha value is -0.510. The quantitative estimate of drug-likeness (QED) is 0.704. The maximum absolute atomic E-state index is 5.93. The van der Waals surface area contributed by atoms with Crippen LogP contribution < -0.4 is 11.5 Å². The molecule has 0 saturated heterocycles. The summed E-state index contributed by atoms with van der Waals surface area (Å²) in [5.74, 6) is 0.976. The third-order valence-electron chi connectivity index (χ3n) is 1.99. The van der Waals surface area contributed by atoms with Crippen molar-refractivity contribution in [3.63, 3.8) is 0 Å². The van der Waals surface area contributed by atoms with Gasteiger partial charge >= 0.3 is 0 Å². The van der Waals surface area contributed by atoms with Crippen LogP contribution in [0.4, 0.5) is 0 Å². The molecule has 0 heterocycles. The zero-order valence-electron chi connectivity index (χ0n) is 8.36. The van der Waals surface area contributed by atoms with E-state index in [1.165, 1.54) is 4.90 Å². The van der Waals surface area contributed by atoms with Crippen molar-refractivity contribution in [3.05, 3.63) is 30.3 Å². The molecule has 14 heavy (non-hydrogen) atoms. The summed E-state index contributed by atoms with van der Waals surface area (Å²) in [6.45, 7) is 0.740. The van der Waals surface area contributed by atoms with E-state index in [2.05, 4.69) is 12.1 Å². The van der Waals surface area contributed by atoms with Crippen LogP contribution >= 0.6 is 11.8 Å². The lowest BCUT2D eigenvalue weighted by Crippen LogP contribution is -2.23. The molecule has 1 unspecified atom stereocenters. The molecule has 0 bridgehead atoms. The first-order valence-electron chi connectivity index (χ1n) is 4.96. The van der Waals surface area contributed by atoms with Gasteiger partial charge in [-0.2, -0.15) is 0 Å². The van der Waals surface area contributed by atoms with Gasteiger partial charge in [0.1, 0.15) is 0 Å². The topological polar surface area (TPSA) is 52.0 Å². The molecule has 0 aliphatic rings. The summed E-state index contributed by atoms with van der Waals surface area (Å²) in [7, 11) is 0. The number of hydrogen-bond acceptors (Lipinski definition) is 3. The van der Waals surface area contributed by atoms with Gasteiger partial charge in [0, 0.05) is 16.7 Å². The van der Waals surface area contributed by atoms with E-state index in [4.69, 9.17) is 11.5 Å². The SMILES string of the molecule is NCCCC(N)CSc1ccccc1. The first-order chi connectivity index (χ1) is 6.83. The number of thioether (sulfide) groups is 1. The molecule has 4 N–H and O–H groups in total. The van der Waals surface area contributed by atoms with Crippen molar-refractivity contribution < 1.29 is 0 Å². The third kappa shape index (κ3) is 4.65. The predicted octanol–water partition coefficient (Wildman–Crippen LogP) is 1.84. The average molecular weight is 210 g/mol. The van der Waals surface area contributed by atoms with E-state index >= 15 is 0 Å². The van der Waals surface area contributed by atoms with E-state index in [9.17, 15) is 0 Å². The van der Waals surface area contributed by atoms with E-state index in [1.54, 1.807) is 0 Å². The highest BCUT2D eigenvalue weighted by Crippen LogP contribution is 2.18. The molecule has 0 radical (unpaired) electrons. The summed E-state index contributed by atoms with van der Waals surface area (Å²) in [5, 5.41) is 0. The van der Waals surface area contributed by atoms with Gasteiger partial charge in [0.2, 0.25) is 0 Å². The zero-order chi connectivity index (χ0) is 10.2. The first-order valence-corrected chi connectivity index (χ1v) is 5.95. The van der Waals surface area contributed by atoms with Gasteiger partial charge in [-0.1, -0.05) is 18.2 Å².